The van der Waals surface area contributed by atoms with Crippen molar-refractivity contribution in [2.75, 3.05) is 10.6 Å². The number of carbonyl (C=O) groups excluding carboxylic acids is 1. The molecule has 0 bridgehead atoms. The molecule has 1 heterocycles. The molecule has 0 saturated heterocycles. The summed E-state index contributed by atoms with van der Waals surface area (Å²) in [5, 5.41) is 6.04. The van der Waals surface area contributed by atoms with Gasteiger partial charge in [-0.1, -0.05) is 48.5 Å². The van der Waals surface area contributed by atoms with Gasteiger partial charge in [-0.25, -0.2) is 9.37 Å². The number of halogens is 1. The number of fused-ring (bicyclic) bond motifs is 1. The molecule has 0 aliphatic heterocycles. The normalized spacial score (nSPS) is 10.8. The van der Waals surface area contributed by atoms with Crippen molar-refractivity contribution in [2.24, 2.45) is 0 Å². The minimum atomic E-state index is -0.393. The Morgan fingerprint density at radius 2 is 1.75 bits per heavy atom. The second kappa shape index (κ2) is 7.92. The molecule has 0 fully saturated rings. The lowest BCUT2D eigenvalue weighted by Crippen LogP contribution is -2.20. The molecule has 0 unspecified atom stereocenters. The topological polar surface area (TPSA) is 59.0 Å². The number of benzene rings is 3. The molecule has 0 spiro atoms. The number of hydrogen-bond acceptors (Lipinski definition) is 3. The van der Waals surface area contributed by atoms with Gasteiger partial charge in [-0.3, -0.25) is 4.79 Å². The Morgan fingerprint density at radius 3 is 2.57 bits per heavy atom. The molecule has 2 N–H and O–H groups in total. The van der Waals surface area contributed by atoms with Crippen LogP contribution in [-0.4, -0.2) is 15.5 Å². The van der Waals surface area contributed by atoms with Gasteiger partial charge in [0.15, 0.2) is 0 Å². The van der Waals surface area contributed by atoms with Crippen LogP contribution < -0.4 is 10.6 Å². The van der Waals surface area contributed by atoms with Gasteiger partial charge in [-0.05, 0) is 35.9 Å². The molecule has 0 aliphatic rings. The average Bonchev–Trinajstić information content (AvgIpc) is 3.05. The smallest absolute Gasteiger partial charge is 0.244 e. The number of nitrogens with zero attached hydrogens (tertiary/aromatic N) is 2. The van der Waals surface area contributed by atoms with E-state index in [4.69, 9.17) is 0 Å². The Hall–Kier alpha value is -3.67. The van der Waals surface area contributed by atoms with Crippen LogP contribution in [0.1, 0.15) is 5.56 Å². The summed E-state index contributed by atoms with van der Waals surface area (Å²) in [5.41, 5.74) is 3.20. The van der Waals surface area contributed by atoms with Crippen LogP contribution in [0, 0.1) is 5.82 Å². The molecule has 28 heavy (non-hydrogen) atoms. The van der Waals surface area contributed by atoms with Crippen molar-refractivity contribution in [1.82, 2.24) is 9.55 Å². The first-order valence-corrected chi connectivity index (χ1v) is 8.97. The summed E-state index contributed by atoms with van der Waals surface area (Å²) in [6.07, 6.45) is 0. The Bertz CT molecular complexity index is 1110. The zero-order valence-electron chi connectivity index (χ0n) is 15.1. The maximum absolute atomic E-state index is 13.4. The summed E-state index contributed by atoms with van der Waals surface area (Å²) in [7, 11) is 0. The van der Waals surface area contributed by atoms with E-state index in [9.17, 15) is 9.18 Å². The monoisotopic (exact) mass is 374 g/mol. The lowest BCUT2D eigenvalue weighted by Gasteiger charge is -2.11. The summed E-state index contributed by atoms with van der Waals surface area (Å²) in [6, 6.07) is 23.5. The van der Waals surface area contributed by atoms with Crippen LogP contribution in [0.15, 0.2) is 78.9 Å². The molecule has 4 aromatic rings. The molecular weight excluding hydrogens is 355 g/mol. The van der Waals surface area contributed by atoms with Gasteiger partial charge in [0.1, 0.15) is 12.4 Å². The average molecular weight is 374 g/mol. The van der Waals surface area contributed by atoms with Gasteiger partial charge in [-0.15, -0.1) is 0 Å². The number of nitrogens with one attached hydrogen (secondary N) is 2. The molecule has 5 nitrogen and oxygen atoms in total. The van der Waals surface area contributed by atoms with Crippen molar-refractivity contribution >= 4 is 28.6 Å². The third-order valence-electron chi connectivity index (χ3n) is 4.36. The third-order valence-corrected chi connectivity index (χ3v) is 4.36. The molecule has 1 aromatic heterocycles. The van der Waals surface area contributed by atoms with Gasteiger partial charge in [0.25, 0.3) is 0 Å². The van der Waals surface area contributed by atoms with Crippen molar-refractivity contribution in [2.45, 2.75) is 13.1 Å². The zero-order chi connectivity index (χ0) is 19.3. The van der Waals surface area contributed by atoms with Crippen LogP contribution in [0.3, 0.4) is 0 Å². The summed E-state index contributed by atoms with van der Waals surface area (Å²) in [4.78, 5) is 17.2. The Balaban J connectivity index is 1.56. The fourth-order valence-corrected chi connectivity index (χ4v) is 3.06. The highest BCUT2D eigenvalue weighted by molar-refractivity contribution is 5.92. The van der Waals surface area contributed by atoms with Gasteiger partial charge in [0.05, 0.1) is 11.0 Å². The Labute approximate surface area is 161 Å². The van der Waals surface area contributed by atoms with Gasteiger partial charge in [0, 0.05) is 12.2 Å². The first-order chi connectivity index (χ1) is 13.7. The molecule has 3 aromatic carbocycles. The first kappa shape index (κ1) is 17.7. The van der Waals surface area contributed by atoms with Gasteiger partial charge >= 0.3 is 0 Å². The third kappa shape index (κ3) is 4.01. The molecule has 140 valence electrons. The second-order valence-corrected chi connectivity index (χ2v) is 6.41. The zero-order valence-corrected chi connectivity index (χ0v) is 15.1. The van der Waals surface area contributed by atoms with Crippen molar-refractivity contribution in [3.8, 4) is 0 Å². The minimum absolute atomic E-state index is 0.0636. The van der Waals surface area contributed by atoms with Crippen molar-refractivity contribution < 1.29 is 9.18 Å². The van der Waals surface area contributed by atoms with Crippen molar-refractivity contribution in [1.29, 1.82) is 0 Å². The number of aromatic nitrogens is 2. The minimum Gasteiger partial charge on any atom is -0.352 e. The van der Waals surface area contributed by atoms with E-state index in [1.165, 1.54) is 12.1 Å². The maximum atomic E-state index is 13.4. The summed E-state index contributed by atoms with van der Waals surface area (Å²) < 4.78 is 15.2. The van der Waals surface area contributed by atoms with Crippen LogP contribution in [-0.2, 0) is 17.9 Å². The van der Waals surface area contributed by atoms with Gasteiger partial charge in [0.2, 0.25) is 11.9 Å². The molecule has 0 aliphatic carbocycles. The van der Waals surface area contributed by atoms with E-state index in [-0.39, 0.29) is 12.5 Å². The molecular formula is C22H19FN4O. The van der Waals surface area contributed by atoms with Crippen LogP contribution in [0.4, 0.5) is 16.0 Å². The number of carbonyl (C=O) groups is 1. The number of rotatable bonds is 6. The highest BCUT2D eigenvalue weighted by Gasteiger charge is 2.14. The number of amides is 1. The fourth-order valence-electron chi connectivity index (χ4n) is 3.06. The van der Waals surface area contributed by atoms with Crippen LogP contribution in [0.25, 0.3) is 11.0 Å². The van der Waals surface area contributed by atoms with E-state index >= 15 is 0 Å². The predicted molar refractivity (Wildman–Crippen MR) is 109 cm³/mol. The Morgan fingerprint density at radius 1 is 0.964 bits per heavy atom. The lowest BCUT2D eigenvalue weighted by molar-refractivity contribution is -0.116. The second-order valence-electron chi connectivity index (χ2n) is 6.41. The lowest BCUT2D eigenvalue weighted by atomic mass is 10.2. The van der Waals surface area contributed by atoms with Gasteiger partial charge in [-0.2, -0.15) is 0 Å². The predicted octanol–water partition coefficient (Wildman–Crippen LogP) is 4.43. The quantitative estimate of drug-likeness (QED) is 0.525. The van der Waals surface area contributed by atoms with Crippen LogP contribution in [0.2, 0.25) is 0 Å². The van der Waals surface area contributed by atoms with E-state index in [1.807, 2.05) is 59.2 Å². The van der Waals surface area contributed by atoms with Crippen LogP contribution in [0.5, 0.6) is 0 Å². The SMILES string of the molecule is O=C(Cn1c(NCc2ccccc2)nc2ccccc21)Nc1cccc(F)c1. The van der Waals surface area contributed by atoms with Gasteiger partial charge < -0.3 is 15.2 Å². The number of anilines is 2. The van der Waals surface area contributed by atoms with E-state index in [1.54, 1.807) is 12.1 Å². The first-order valence-electron chi connectivity index (χ1n) is 8.97. The highest BCUT2D eigenvalue weighted by atomic mass is 19.1. The van der Waals surface area contributed by atoms with Crippen molar-refractivity contribution in [3.05, 3.63) is 90.2 Å². The standard InChI is InChI=1S/C22H19FN4O/c23-17-9-6-10-18(13-17)25-21(28)15-27-20-12-5-4-11-19(20)26-22(27)24-14-16-7-2-1-3-8-16/h1-13H,14-15H2,(H,24,26)(H,25,28). The van der Waals surface area contributed by atoms with E-state index in [0.717, 1.165) is 16.6 Å². The molecule has 0 atom stereocenters. The Kier molecular flexibility index (Phi) is 5.01. The molecule has 6 heteroatoms. The number of hydrogen-bond donors (Lipinski definition) is 2. The van der Waals surface area contributed by atoms with Crippen LogP contribution >= 0.6 is 0 Å². The maximum Gasteiger partial charge on any atom is 0.244 e. The van der Waals surface area contributed by atoms with E-state index < -0.39 is 5.82 Å². The fraction of sp³-hybridized carbons (Fsp3) is 0.0909. The summed E-state index contributed by atoms with van der Waals surface area (Å²) in [5.74, 6) is -0.0351. The van der Waals surface area contributed by atoms with E-state index in [2.05, 4.69) is 15.6 Å². The van der Waals surface area contributed by atoms with Crippen molar-refractivity contribution in [3.63, 3.8) is 0 Å². The molecule has 0 saturated carbocycles. The molecule has 0 radical (unpaired) electrons. The molecule has 4 rings (SSSR count). The largest absolute Gasteiger partial charge is 0.352 e. The highest BCUT2D eigenvalue weighted by Crippen LogP contribution is 2.20. The number of imidazole rings is 1. The summed E-state index contributed by atoms with van der Waals surface area (Å²) in [6.45, 7) is 0.657. The molecule has 1 amide bonds. The summed E-state index contributed by atoms with van der Waals surface area (Å²) >= 11 is 0. The number of para-hydroxylation sites is 2. The van der Waals surface area contributed by atoms with E-state index in [0.29, 0.717) is 18.2 Å².